The van der Waals surface area contributed by atoms with Gasteiger partial charge in [0.1, 0.15) is 0 Å². The van der Waals surface area contributed by atoms with E-state index in [2.05, 4.69) is 5.32 Å². The number of benzene rings is 3. The number of hydrogen-bond donors (Lipinski definition) is 1. The highest BCUT2D eigenvalue weighted by Crippen LogP contribution is 2.28. The van der Waals surface area contributed by atoms with Gasteiger partial charge in [-0.15, -0.1) is 0 Å². The van der Waals surface area contributed by atoms with E-state index in [1.807, 2.05) is 0 Å². The first-order valence-electron chi connectivity index (χ1n) is 13.4. The van der Waals surface area contributed by atoms with Crippen LogP contribution in [-0.4, -0.2) is 66.7 Å². The number of rotatable bonds is 16. The molecule has 0 aliphatic rings. The van der Waals surface area contributed by atoms with Crippen LogP contribution < -0.4 is 14.8 Å². The van der Waals surface area contributed by atoms with Crippen molar-refractivity contribution in [3.63, 3.8) is 0 Å². The van der Waals surface area contributed by atoms with Gasteiger partial charge in [-0.05, 0) is 55.0 Å². The normalized spacial score (nSPS) is 10.3. The summed E-state index contributed by atoms with van der Waals surface area (Å²) in [6.07, 6.45) is -0.136. The minimum Gasteiger partial charge on any atom is -0.490 e. The maximum atomic E-state index is 12.4. The molecule has 0 aromatic heterocycles. The molecule has 3 rings (SSSR count). The van der Waals surface area contributed by atoms with E-state index in [1.165, 1.54) is 62.8 Å². The number of methoxy groups -OCH3 is 2. The van der Waals surface area contributed by atoms with E-state index in [9.17, 15) is 44.2 Å². The number of Topliss-reactive ketones (excluding diaryl/α,β-unsaturated/α-hetero) is 2. The molecular formula is C30H27N3O13. The van der Waals surface area contributed by atoms with Crippen LogP contribution in [0.1, 0.15) is 50.3 Å². The quantitative estimate of drug-likeness (QED) is 0.101. The molecular weight excluding hydrogens is 610 g/mol. The molecule has 0 spiro atoms. The standard InChI is InChI=1S/C30H27N3O13/c1-43-26-12-8-19(14-22(26)32(39)40)24(34)16-45-29(37)5-3-4-28(36)31-21-10-6-18(7-11-21)30(38)46-17-25(35)20-9-13-27(44-2)23(15-20)33(41)42/h6-15H,3-5,16-17H2,1-2H3,(H,31,36). The number of esters is 2. The van der Waals surface area contributed by atoms with Gasteiger partial charge in [-0.25, -0.2) is 4.79 Å². The van der Waals surface area contributed by atoms with E-state index in [0.717, 1.165) is 12.1 Å². The third kappa shape index (κ3) is 9.40. The van der Waals surface area contributed by atoms with Gasteiger partial charge in [0.05, 0.1) is 29.6 Å². The van der Waals surface area contributed by atoms with Gasteiger partial charge in [-0.1, -0.05) is 0 Å². The van der Waals surface area contributed by atoms with Gasteiger partial charge >= 0.3 is 23.3 Å². The number of nitrogens with zero attached hydrogens (tertiary/aromatic N) is 2. The number of nitro benzene ring substituents is 2. The number of nitro groups is 2. The highest BCUT2D eigenvalue weighted by molar-refractivity contribution is 6.00. The van der Waals surface area contributed by atoms with Crippen molar-refractivity contribution in [1.29, 1.82) is 0 Å². The summed E-state index contributed by atoms with van der Waals surface area (Å²) in [5.41, 5.74) is -0.477. The van der Waals surface area contributed by atoms with E-state index in [-0.39, 0.29) is 47.5 Å². The molecule has 46 heavy (non-hydrogen) atoms. The molecule has 3 aromatic rings. The van der Waals surface area contributed by atoms with E-state index >= 15 is 0 Å². The van der Waals surface area contributed by atoms with Crippen molar-refractivity contribution in [3.8, 4) is 11.5 Å². The molecule has 16 nitrogen and oxygen atoms in total. The molecule has 1 amide bonds. The summed E-state index contributed by atoms with van der Waals surface area (Å²) in [4.78, 5) is 82.2. The summed E-state index contributed by atoms with van der Waals surface area (Å²) in [7, 11) is 2.50. The Balaban J connectivity index is 1.40. The fraction of sp³-hybridized carbons (Fsp3) is 0.233. The molecule has 0 atom stereocenters. The van der Waals surface area contributed by atoms with Crippen LogP contribution in [0.15, 0.2) is 60.7 Å². The lowest BCUT2D eigenvalue weighted by Gasteiger charge is -2.08. The second-order valence-electron chi connectivity index (χ2n) is 9.35. The average molecular weight is 638 g/mol. The number of anilines is 1. The van der Waals surface area contributed by atoms with Crippen LogP contribution in [0.25, 0.3) is 0 Å². The van der Waals surface area contributed by atoms with Gasteiger partial charge in [-0.2, -0.15) is 0 Å². The van der Waals surface area contributed by atoms with Crippen LogP contribution >= 0.6 is 0 Å². The van der Waals surface area contributed by atoms with Crippen molar-refractivity contribution in [2.75, 3.05) is 32.8 Å². The van der Waals surface area contributed by atoms with Crippen LogP contribution in [0.3, 0.4) is 0 Å². The number of amides is 1. The summed E-state index contributed by atoms with van der Waals surface area (Å²) < 4.78 is 19.7. The van der Waals surface area contributed by atoms with Gasteiger partial charge in [0, 0.05) is 41.8 Å². The molecule has 240 valence electrons. The zero-order valence-corrected chi connectivity index (χ0v) is 24.5. The Bertz CT molecular complexity index is 1670. The second-order valence-corrected chi connectivity index (χ2v) is 9.35. The molecule has 0 saturated heterocycles. The first-order chi connectivity index (χ1) is 21.9. The van der Waals surface area contributed by atoms with E-state index < -0.39 is 63.8 Å². The minimum absolute atomic E-state index is 0.0253. The summed E-state index contributed by atoms with van der Waals surface area (Å²) in [6, 6.07) is 12.7. The van der Waals surface area contributed by atoms with Crippen molar-refractivity contribution < 1.29 is 52.8 Å². The van der Waals surface area contributed by atoms with Crippen molar-refractivity contribution in [1.82, 2.24) is 0 Å². The van der Waals surface area contributed by atoms with Crippen LogP contribution in [0.2, 0.25) is 0 Å². The van der Waals surface area contributed by atoms with Crippen LogP contribution in [0.4, 0.5) is 17.1 Å². The summed E-state index contributed by atoms with van der Waals surface area (Å²) >= 11 is 0. The number of nitrogens with one attached hydrogen (secondary N) is 1. The Labute approximate surface area is 260 Å². The molecule has 0 aliphatic heterocycles. The molecule has 0 bridgehead atoms. The predicted molar refractivity (Wildman–Crippen MR) is 158 cm³/mol. The minimum atomic E-state index is -0.837. The lowest BCUT2D eigenvalue weighted by Crippen LogP contribution is -2.16. The Hall–Kier alpha value is -6.19. The van der Waals surface area contributed by atoms with E-state index in [1.54, 1.807) is 0 Å². The monoisotopic (exact) mass is 637 g/mol. The van der Waals surface area contributed by atoms with Crippen molar-refractivity contribution in [3.05, 3.63) is 97.6 Å². The fourth-order valence-corrected chi connectivity index (χ4v) is 3.92. The third-order valence-electron chi connectivity index (χ3n) is 6.28. The molecule has 16 heteroatoms. The number of hydrogen-bond acceptors (Lipinski definition) is 13. The molecule has 0 heterocycles. The summed E-state index contributed by atoms with van der Waals surface area (Å²) in [6.45, 7) is -1.30. The van der Waals surface area contributed by atoms with E-state index in [4.69, 9.17) is 18.9 Å². The summed E-state index contributed by atoms with van der Waals surface area (Å²) in [5, 5.41) is 24.9. The second kappa shape index (κ2) is 16.0. The Morgan fingerprint density at radius 1 is 0.674 bits per heavy atom. The first-order valence-corrected chi connectivity index (χ1v) is 13.4. The van der Waals surface area contributed by atoms with Gasteiger partial charge in [-0.3, -0.25) is 39.4 Å². The molecule has 1 N–H and O–H groups in total. The molecule has 0 saturated carbocycles. The van der Waals surface area contributed by atoms with Crippen LogP contribution in [0, 0.1) is 20.2 Å². The van der Waals surface area contributed by atoms with Crippen molar-refractivity contribution >= 4 is 46.5 Å². The molecule has 0 aliphatic carbocycles. The lowest BCUT2D eigenvalue weighted by molar-refractivity contribution is -0.385. The highest BCUT2D eigenvalue weighted by Gasteiger charge is 2.21. The summed E-state index contributed by atoms with van der Waals surface area (Å²) in [5.74, 6) is -3.39. The smallest absolute Gasteiger partial charge is 0.338 e. The zero-order valence-electron chi connectivity index (χ0n) is 24.5. The van der Waals surface area contributed by atoms with Gasteiger partial charge in [0.2, 0.25) is 17.5 Å². The molecule has 0 unspecified atom stereocenters. The highest BCUT2D eigenvalue weighted by atomic mass is 16.6. The SMILES string of the molecule is COc1ccc(C(=O)COC(=O)CCCC(=O)Nc2ccc(C(=O)OCC(=O)c3ccc(OC)c([N+](=O)[O-])c3)cc2)cc1[N+](=O)[O-]. The Morgan fingerprint density at radius 2 is 1.15 bits per heavy atom. The average Bonchev–Trinajstić information content (AvgIpc) is 3.05. The van der Waals surface area contributed by atoms with Crippen molar-refractivity contribution in [2.24, 2.45) is 0 Å². The maximum Gasteiger partial charge on any atom is 0.338 e. The van der Waals surface area contributed by atoms with E-state index in [0.29, 0.717) is 5.69 Å². The van der Waals surface area contributed by atoms with Crippen molar-refractivity contribution in [2.45, 2.75) is 19.3 Å². The number of ether oxygens (including phenoxy) is 4. The predicted octanol–water partition coefficient (Wildman–Crippen LogP) is 4.09. The molecule has 3 aromatic carbocycles. The zero-order chi connectivity index (χ0) is 33.8. The molecule has 0 fully saturated rings. The van der Waals surface area contributed by atoms with Gasteiger partial charge < -0.3 is 24.3 Å². The number of carbonyl (C=O) groups is 5. The first kappa shape index (κ1) is 34.3. The maximum absolute atomic E-state index is 12.4. The largest absolute Gasteiger partial charge is 0.490 e. The fourth-order valence-electron chi connectivity index (χ4n) is 3.92. The van der Waals surface area contributed by atoms with Crippen LogP contribution in [-0.2, 0) is 19.1 Å². The number of carbonyl (C=O) groups excluding carboxylic acids is 5. The third-order valence-corrected chi connectivity index (χ3v) is 6.28. The Morgan fingerprint density at radius 3 is 1.63 bits per heavy atom. The lowest BCUT2D eigenvalue weighted by atomic mass is 10.1. The Kier molecular flexibility index (Phi) is 12.0. The number of ketones is 2. The molecule has 0 radical (unpaired) electrons. The van der Waals surface area contributed by atoms with Gasteiger partial charge in [0.15, 0.2) is 24.7 Å². The van der Waals surface area contributed by atoms with Crippen LogP contribution in [0.5, 0.6) is 11.5 Å². The topological polar surface area (TPSA) is 221 Å². The van der Waals surface area contributed by atoms with Gasteiger partial charge in [0.25, 0.3) is 0 Å².